The summed E-state index contributed by atoms with van der Waals surface area (Å²) >= 11 is 0. The van der Waals surface area contributed by atoms with Gasteiger partial charge < -0.3 is 9.47 Å². The van der Waals surface area contributed by atoms with Gasteiger partial charge in [0.2, 0.25) is 0 Å². The number of cyclic esters (lactones) is 2. The third kappa shape index (κ3) is 2.54. The summed E-state index contributed by atoms with van der Waals surface area (Å²) < 4.78 is 8.71. The van der Waals surface area contributed by atoms with E-state index in [1.165, 1.54) is 7.11 Å². The lowest BCUT2D eigenvalue weighted by molar-refractivity contribution is -0.153. The molecular weight excluding hydrogens is 176 g/mol. The Balaban J connectivity index is 2.33. The Bertz CT molecular complexity index is 245. The van der Waals surface area contributed by atoms with E-state index in [1.807, 2.05) is 0 Å². The maximum Gasteiger partial charge on any atom is 0.317 e. The molecule has 5 nitrogen and oxygen atoms in total. The molecule has 1 saturated heterocycles. The summed E-state index contributed by atoms with van der Waals surface area (Å²) in [4.78, 5) is 32.2. The predicted molar refractivity (Wildman–Crippen MR) is 40.5 cm³/mol. The Morgan fingerprint density at radius 2 is 2.31 bits per heavy atom. The van der Waals surface area contributed by atoms with Gasteiger partial charge in [0.25, 0.3) is 0 Å². The van der Waals surface area contributed by atoms with Crippen molar-refractivity contribution in [2.24, 2.45) is 5.92 Å². The molecule has 0 amide bonds. The Labute approximate surface area is 75.0 Å². The fourth-order valence-electron chi connectivity index (χ4n) is 1.14. The van der Waals surface area contributed by atoms with E-state index in [9.17, 15) is 14.4 Å². The molecule has 0 N–H and O–H groups in total. The van der Waals surface area contributed by atoms with Crippen LogP contribution in [0.2, 0.25) is 0 Å². The van der Waals surface area contributed by atoms with Gasteiger partial charge in [-0.3, -0.25) is 14.4 Å². The maximum absolute atomic E-state index is 10.9. The quantitative estimate of drug-likeness (QED) is 0.459. The smallest absolute Gasteiger partial charge is 0.317 e. The average Bonchev–Trinajstić information content (AvgIpc) is 2.41. The van der Waals surface area contributed by atoms with E-state index in [1.54, 1.807) is 0 Å². The Hall–Kier alpha value is -1.39. The number of carbonyl (C=O) groups excluding carboxylic acids is 3. The first-order chi connectivity index (χ1) is 6.13. The highest BCUT2D eigenvalue weighted by molar-refractivity contribution is 5.94. The van der Waals surface area contributed by atoms with Gasteiger partial charge >= 0.3 is 17.9 Å². The van der Waals surface area contributed by atoms with E-state index in [2.05, 4.69) is 9.47 Å². The molecule has 72 valence electrons. The van der Waals surface area contributed by atoms with Crippen molar-refractivity contribution in [3.05, 3.63) is 0 Å². The van der Waals surface area contributed by atoms with Crippen LogP contribution in [0.1, 0.15) is 19.3 Å². The van der Waals surface area contributed by atoms with Crippen LogP contribution in [0, 0.1) is 5.92 Å². The summed E-state index contributed by atoms with van der Waals surface area (Å²) in [7, 11) is 1.28. The number of hydrogen-bond acceptors (Lipinski definition) is 5. The van der Waals surface area contributed by atoms with Crippen LogP contribution >= 0.6 is 0 Å². The zero-order valence-electron chi connectivity index (χ0n) is 7.24. The molecular formula is C8H10O5. The zero-order chi connectivity index (χ0) is 9.84. The number of esters is 3. The highest BCUT2D eigenvalue weighted by Gasteiger charge is 2.33. The van der Waals surface area contributed by atoms with E-state index in [0.29, 0.717) is 6.42 Å². The minimum Gasteiger partial charge on any atom is -0.469 e. The van der Waals surface area contributed by atoms with Crippen molar-refractivity contribution in [2.45, 2.75) is 19.3 Å². The molecule has 1 heterocycles. The van der Waals surface area contributed by atoms with Crippen molar-refractivity contribution in [2.75, 3.05) is 7.11 Å². The molecule has 0 radical (unpaired) electrons. The molecule has 13 heavy (non-hydrogen) atoms. The minimum atomic E-state index is -0.533. The van der Waals surface area contributed by atoms with Gasteiger partial charge in [0, 0.05) is 6.42 Å². The molecule has 0 aromatic rings. The van der Waals surface area contributed by atoms with Crippen molar-refractivity contribution in [1.29, 1.82) is 0 Å². The van der Waals surface area contributed by atoms with Crippen molar-refractivity contribution in [1.82, 2.24) is 0 Å². The van der Waals surface area contributed by atoms with Gasteiger partial charge in [0.15, 0.2) is 0 Å². The molecule has 0 aromatic heterocycles. The van der Waals surface area contributed by atoms with Crippen LogP contribution in [-0.2, 0) is 23.9 Å². The number of rotatable bonds is 3. The molecule has 1 unspecified atom stereocenters. The number of hydrogen-bond donors (Lipinski definition) is 0. The second-order valence-corrected chi connectivity index (χ2v) is 2.81. The molecule has 5 heteroatoms. The SMILES string of the molecule is COC(=O)CCC1CC(=O)OC1=O. The molecule has 1 rings (SSSR count). The van der Waals surface area contributed by atoms with Gasteiger partial charge in [-0.15, -0.1) is 0 Å². The molecule has 1 aliphatic rings. The fraction of sp³-hybridized carbons (Fsp3) is 0.625. The molecule has 0 spiro atoms. The predicted octanol–water partition coefficient (Wildman–Crippen LogP) is 0.0293. The molecule has 0 saturated carbocycles. The van der Waals surface area contributed by atoms with Crippen molar-refractivity contribution in [3.63, 3.8) is 0 Å². The van der Waals surface area contributed by atoms with Gasteiger partial charge in [0.1, 0.15) is 0 Å². The largest absolute Gasteiger partial charge is 0.469 e. The topological polar surface area (TPSA) is 69.7 Å². The average molecular weight is 186 g/mol. The van der Waals surface area contributed by atoms with E-state index in [0.717, 1.165) is 0 Å². The second kappa shape index (κ2) is 4.02. The van der Waals surface area contributed by atoms with Crippen molar-refractivity contribution in [3.8, 4) is 0 Å². The first kappa shape index (κ1) is 9.70. The van der Waals surface area contributed by atoms with Crippen LogP contribution in [-0.4, -0.2) is 25.0 Å². The zero-order valence-corrected chi connectivity index (χ0v) is 7.24. The molecule has 0 aromatic carbocycles. The second-order valence-electron chi connectivity index (χ2n) is 2.81. The van der Waals surface area contributed by atoms with Crippen LogP contribution in [0.15, 0.2) is 0 Å². The van der Waals surface area contributed by atoms with Crippen LogP contribution in [0.5, 0.6) is 0 Å². The van der Waals surface area contributed by atoms with E-state index in [4.69, 9.17) is 0 Å². The Kier molecular flexibility index (Phi) is 3.00. The summed E-state index contributed by atoms with van der Waals surface area (Å²) in [6.45, 7) is 0. The lowest BCUT2D eigenvalue weighted by Gasteiger charge is -2.01. The summed E-state index contributed by atoms with van der Waals surface area (Å²) in [5.41, 5.74) is 0. The minimum absolute atomic E-state index is 0.0792. The van der Waals surface area contributed by atoms with Crippen molar-refractivity contribution >= 4 is 17.9 Å². The lowest BCUT2D eigenvalue weighted by Crippen LogP contribution is -2.10. The van der Waals surface area contributed by atoms with Gasteiger partial charge in [0.05, 0.1) is 19.4 Å². The highest BCUT2D eigenvalue weighted by Crippen LogP contribution is 2.20. The summed E-state index contributed by atoms with van der Waals surface area (Å²) in [6.07, 6.45) is 0.538. The molecule has 0 bridgehead atoms. The molecule has 1 atom stereocenters. The standard InChI is InChI=1S/C8H10O5/c1-12-6(9)3-2-5-4-7(10)13-8(5)11/h5H,2-4H2,1H3. The van der Waals surface area contributed by atoms with Crippen LogP contribution < -0.4 is 0 Å². The fourth-order valence-corrected chi connectivity index (χ4v) is 1.14. The summed E-state index contributed by atoms with van der Waals surface area (Å²) in [5.74, 6) is -1.90. The number of methoxy groups -OCH3 is 1. The number of ether oxygens (including phenoxy) is 2. The summed E-state index contributed by atoms with van der Waals surface area (Å²) in [6, 6.07) is 0. The first-order valence-corrected chi connectivity index (χ1v) is 3.95. The van der Waals surface area contributed by atoms with Crippen LogP contribution in [0.25, 0.3) is 0 Å². The first-order valence-electron chi connectivity index (χ1n) is 3.95. The molecule has 1 fully saturated rings. The maximum atomic E-state index is 10.9. The van der Waals surface area contributed by atoms with Gasteiger partial charge in [-0.2, -0.15) is 0 Å². The van der Waals surface area contributed by atoms with Gasteiger partial charge in [-0.1, -0.05) is 0 Å². The van der Waals surface area contributed by atoms with Crippen LogP contribution in [0.3, 0.4) is 0 Å². The molecule has 1 aliphatic heterocycles. The van der Waals surface area contributed by atoms with Gasteiger partial charge in [-0.25, -0.2) is 0 Å². The third-order valence-corrected chi connectivity index (χ3v) is 1.89. The van der Waals surface area contributed by atoms with Gasteiger partial charge in [-0.05, 0) is 6.42 Å². The van der Waals surface area contributed by atoms with Crippen molar-refractivity contribution < 1.29 is 23.9 Å². The summed E-state index contributed by atoms with van der Waals surface area (Å²) in [5, 5.41) is 0. The van der Waals surface area contributed by atoms with E-state index in [-0.39, 0.29) is 18.8 Å². The monoisotopic (exact) mass is 186 g/mol. The Morgan fingerprint density at radius 1 is 1.62 bits per heavy atom. The lowest BCUT2D eigenvalue weighted by atomic mass is 10.0. The van der Waals surface area contributed by atoms with Crippen LogP contribution in [0.4, 0.5) is 0 Å². The van der Waals surface area contributed by atoms with E-state index < -0.39 is 17.9 Å². The number of carbonyl (C=O) groups is 3. The van der Waals surface area contributed by atoms with E-state index >= 15 is 0 Å². The third-order valence-electron chi connectivity index (χ3n) is 1.89. The highest BCUT2D eigenvalue weighted by atomic mass is 16.6. The molecule has 0 aliphatic carbocycles. The normalized spacial score (nSPS) is 21.5. The Morgan fingerprint density at radius 3 is 2.77 bits per heavy atom.